The second-order valence-electron chi connectivity index (χ2n) is 7.30. The molecule has 0 unspecified atom stereocenters. The van der Waals surface area contributed by atoms with Crippen molar-refractivity contribution in [2.45, 2.75) is 33.6 Å². The van der Waals surface area contributed by atoms with E-state index in [-0.39, 0.29) is 5.91 Å². The fourth-order valence-corrected chi connectivity index (χ4v) is 4.33. The van der Waals surface area contributed by atoms with Crippen LogP contribution in [0.1, 0.15) is 41.3 Å². The van der Waals surface area contributed by atoms with Gasteiger partial charge in [-0.3, -0.25) is 9.69 Å². The molecule has 32 heavy (non-hydrogen) atoms. The van der Waals surface area contributed by atoms with E-state index >= 15 is 0 Å². The number of hydrogen-bond donors (Lipinski definition) is 1. The van der Waals surface area contributed by atoms with Gasteiger partial charge >= 0.3 is 5.97 Å². The zero-order chi connectivity index (χ0) is 23.3. The highest BCUT2D eigenvalue weighted by Gasteiger charge is 2.23. The molecule has 3 aromatic rings. The van der Waals surface area contributed by atoms with Crippen molar-refractivity contribution in [1.29, 1.82) is 0 Å². The Morgan fingerprint density at radius 3 is 2.47 bits per heavy atom. The summed E-state index contributed by atoms with van der Waals surface area (Å²) in [7, 11) is 0. The van der Waals surface area contributed by atoms with Crippen LogP contribution in [0.4, 0.5) is 5.13 Å². The molecule has 0 aliphatic rings. The minimum absolute atomic E-state index is 0.212. The number of amides is 1. The van der Waals surface area contributed by atoms with Crippen molar-refractivity contribution < 1.29 is 19.4 Å². The number of unbranched alkanes of at least 4 members (excludes halogenated alkanes) is 1. The summed E-state index contributed by atoms with van der Waals surface area (Å²) < 4.78 is 5.40. The lowest BCUT2D eigenvalue weighted by molar-refractivity contribution is -0.139. The lowest BCUT2D eigenvalue weighted by Crippen LogP contribution is -2.32. The first-order valence-electron chi connectivity index (χ1n) is 10.2. The van der Waals surface area contributed by atoms with Crippen LogP contribution in [-0.4, -0.2) is 40.3 Å². The summed E-state index contributed by atoms with van der Waals surface area (Å²) in [6.45, 7) is 5.87. The van der Waals surface area contributed by atoms with E-state index in [0.717, 1.165) is 29.5 Å². The molecule has 168 valence electrons. The molecule has 2 aromatic carbocycles. The van der Waals surface area contributed by atoms with Crippen LogP contribution in [0.5, 0.6) is 5.75 Å². The fourth-order valence-electron chi connectivity index (χ4n) is 3.26. The van der Waals surface area contributed by atoms with E-state index in [9.17, 15) is 9.59 Å². The second-order valence-corrected chi connectivity index (χ2v) is 8.66. The van der Waals surface area contributed by atoms with Crippen molar-refractivity contribution in [3.8, 4) is 16.3 Å². The van der Waals surface area contributed by atoms with Crippen molar-refractivity contribution >= 4 is 39.9 Å². The lowest BCUT2D eigenvalue weighted by atomic mass is 10.1. The standard InChI is InChI=1S/C23H24ClN3O4S/c1-4-5-10-27(22(30)17-8-6-7-9-18(17)24)23-26-25-21(32-23)16-11-14(2)20(15(3)12-16)31-13-19(28)29/h6-9,11-12H,4-5,10,13H2,1-3H3,(H,28,29). The highest BCUT2D eigenvalue weighted by molar-refractivity contribution is 7.18. The molecule has 0 atom stereocenters. The van der Waals surface area contributed by atoms with Crippen LogP contribution in [-0.2, 0) is 4.79 Å². The number of carboxylic acids is 1. The zero-order valence-corrected chi connectivity index (χ0v) is 19.7. The Labute approximate surface area is 195 Å². The number of carboxylic acid groups (broad SMARTS) is 1. The number of hydrogen-bond acceptors (Lipinski definition) is 6. The highest BCUT2D eigenvalue weighted by atomic mass is 35.5. The molecular weight excluding hydrogens is 450 g/mol. The van der Waals surface area contributed by atoms with Gasteiger partial charge in [0.1, 0.15) is 10.8 Å². The van der Waals surface area contributed by atoms with Gasteiger partial charge in [0.05, 0.1) is 10.6 Å². The summed E-state index contributed by atoms with van der Waals surface area (Å²) in [6, 6.07) is 10.7. The van der Waals surface area contributed by atoms with Crippen LogP contribution in [0, 0.1) is 13.8 Å². The number of halogens is 1. The largest absolute Gasteiger partial charge is 0.481 e. The summed E-state index contributed by atoms with van der Waals surface area (Å²) in [4.78, 5) is 25.7. The lowest BCUT2D eigenvalue weighted by Gasteiger charge is -2.19. The zero-order valence-electron chi connectivity index (χ0n) is 18.1. The molecule has 1 amide bonds. The molecule has 3 rings (SSSR count). The van der Waals surface area contributed by atoms with Gasteiger partial charge in [0.25, 0.3) is 5.91 Å². The molecule has 9 heteroatoms. The third kappa shape index (κ3) is 5.44. The van der Waals surface area contributed by atoms with Gasteiger partial charge in [0, 0.05) is 12.1 Å². The number of aryl methyl sites for hydroxylation is 2. The summed E-state index contributed by atoms with van der Waals surface area (Å²) in [5.41, 5.74) is 2.85. The number of ether oxygens (including phenoxy) is 1. The molecular formula is C23H24ClN3O4S. The number of rotatable bonds is 9. The molecule has 0 saturated heterocycles. The van der Waals surface area contributed by atoms with Gasteiger partial charge in [0.15, 0.2) is 6.61 Å². The monoisotopic (exact) mass is 473 g/mol. The third-order valence-corrected chi connectivity index (χ3v) is 6.10. The first-order chi connectivity index (χ1) is 15.3. The SMILES string of the molecule is CCCCN(C(=O)c1ccccc1Cl)c1nnc(-c2cc(C)c(OCC(=O)O)c(C)c2)s1. The molecule has 1 aromatic heterocycles. The van der Waals surface area contributed by atoms with E-state index in [0.29, 0.717) is 33.0 Å². The van der Waals surface area contributed by atoms with Gasteiger partial charge in [-0.05, 0) is 55.7 Å². The Morgan fingerprint density at radius 2 is 1.84 bits per heavy atom. The maximum atomic E-state index is 13.2. The number of carbonyl (C=O) groups is 2. The quantitative estimate of drug-likeness (QED) is 0.448. The number of nitrogens with zero attached hydrogens (tertiary/aromatic N) is 3. The van der Waals surface area contributed by atoms with E-state index in [4.69, 9.17) is 21.4 Å². The van der Waals surface area contributed by atoms with Gasteiger partial charge < -0.3 is 9.84 Å². The molecule has 7 nitrogen and oxygen atoms in total. The summed E-state index contributed by atoms with van der Waals surface area (Å²) in [6.07, 6.45) is 1.74. The van der Waals surface area contributed by atoms with Gasteiger partial charge in [-0.1, -0.05) is 48.4 Å². The Morgan fingerprint density at radius 1 is 1.16 bits per heavy atom. The molecule has 1 heterocycles. The van der Waals surface area contributed by atoms with Crippen molar-refractivity contribution in [3.05, 3.63) is 58.1 Å². The predicted octanol–water partition coefficient (Wildman–Crippen LogP) is 5.39. The smallest absolute Gasteiger partial charge is 0.341 e. The van der Waals surface area contributed by atoms with E-state index in [1.54, 1.807) is 29.2 Å². The Bertz CT molecular complexity index is 1110. The third-order valence-electron chi connectivity index (χ3n) is 4.78. The van der Waals surface area contributed by atoms with Gasteiger partial charge in [0.2, 0.25) is 5.13 Å². The van der Waals surface area contributed by atoms with Crippen molar-refractivity contribution in [2.24, 2.45) is 0 Å². The Hall–Kier alpha value is -2.97. The molecule has 0 spiro atoms. The molecule has 0 saturated carbocycles. The molecule has 0 fully saturated rings. The minimum Gasteiger partial charge on any atom is -0.481 e. The van der Waals surface area contributed by atoms with E-state index in [1.807, 2.05) is 26.0 Å². The van der Waals surface area contributed by atoms with Crippen LogP contribution in [0.3, 0.4) is 0 Å². The maximum Gasteiger partial charge on any atom is 0.341 e. The maximum absolute atomic E-state index is 13.2. The first kappa shape index (κ1) is 23.7. The van der Waals surface area contributed by atoms with Gasteiger partial charge in [-0.15, -0.1) is 10.2 Å². The number of aromatic nitrogens is 2. The van der Waals surface area contributed by atoms with E-state index < -0.39 is 12.6 Å². The number of carbonyl (C=O) groups excluding carboxylic acids is 1. The van der Waals surface area contributed by atoms with Crippen molar-refractivity contribution in [2.75, 3.05) is 18.1 Å². The van der Waals surface area contributed by atoms with Crippen LogP contribution >= 0.6 is 22.9 Å². The summed E-state index contributed by atoms with van der Waals surface area (Å²) in [5.74, 6) is -0.701. The fraction of sp³-hybridized carbons (Fsp3) is 0.304. The number of benzene rings is 2. The molecule has 1 N–H and O–H groups in total. The summed E-state index contributed by atoms with van der Waals surface area (Å²) in [5, 5.41) is 19.0. The van der Waals surface area contributed by atoms with Crippen LogP contribution in [0.25, 0.3) is 10.6 Å². The predicted molar refractivity (Wildman–Crippen MR) is 126 cm³/mol. The van der Waals surface area contributed by atoms with Crippen LogP contribution in [0.2, 0.25) is 5.02 Å². The van der Waals surface area contributed by atoms with Gasteiger partial charge in [-0.25, -0.2) is 4.79 Å². The number of aliphatic carboxylic acids is 1. The molecule has 0 aliphatic heterocycles. The summed E-state index contributed by atoms with van der Waals surface area (Å²) >= 11 is 7.57. The van der Waals surface area contributed by atoms with E-state index in [1.165, 1.54) is 11.3 Å². The Balaban J connectivity index is 1.91. The van der Waals surface area contributed by atoms with Crippen molar-refractivity contribution in [3.63, 3.8) is 0 Å². The molecule has 0 radical (unpaired) electrons. The average molecular weight is 474 g/mol. The highest BCUT2D eigenvalue weighted by Crippen LogP contribution is 2.34. The second kappa shape index (κ2) is 10.6. The van der Waals surface area contributed by atoms with E-state index in [2.05, 4.69) is 17.1 Å². The topological polar surface area (TPSA) is 92.6 Å². The average Bonchev–Trinajstić information content (AvgIpc) is 3.23. The van der Waals surface area contributed by atoms with Crippen LogP contribution in [0.15, 0.2) is 36.4 Å². The number of anilines is 1. The first-order valence-corrected chi connectivity index (χ1v) is 11.4. The van der Waals surface area contributed by atoms with Crippen LogP contribution < -0.4 is 9.64 Å². The van der Waals surface area contributed by atoms with Crippen molar-refractivity contribution in [1.82, 2.24) is 10.2 Å². The normalized spacial score (nSPS) is 10.8. The molecule has 0 aliphatic carbocycles. The minimum atomic E-state index is -1.03. The molecule has 0 bridgehead atoms. The van der Waals surface area contributed by atoms with Gasteiger partial charge in [-0.2, -0.15) is 0 Å². The Kier molecular flexibility index (Phi) is 7.82.